The maximum absolute atomic E-state index is 13.2. The number of fused-ring (bicyclic) bond motifs is 1. The molecule has 0 unspecified atom stereocenters. The number of hydrogen-bond donors (Lipinski definition) is 0. The number of nitrogens with zero attached hydrogens (tertiary/aromatic N) is 5. The topological polar surface area (TPSA) is 94.1 Å². The summed E-state index contributed by atoms with van der Waals surface area (Å²) < 4.78 is 35.6. The molecule has 0 fully saturated rings. The minimum absolute atomic E-state index is 0.205. The molecule has 4 aromatic rings. The fourth-order valence-electron chi connectivity index (χ4n) is 3.94. The molecule has 0 atom stereocenters. The number of rotatable bonds is 4. The second-order valence-corrected chi connectivity index (χ2v) is 10.0. The third kappa shape index (κ3) is 3.53. The molecule has 1 aliphatic heterocycles. The molecule has 3 heterocycles. The van der Waals surface area contributed by atoms with Crippen LogP contribution in [0.25, 0.3) is 23.0 Å². The Morgan fingerprint density at radius 2 is 1.53 bits per heavy atom. The van der Waals surface area contributed by atoms with Gasteiger partial charge in [-0.15, -0.1) is 10.2 Å². The van der Waals surface area contributed by atoms with Crippen molar-refractivity contribution in [3.63, 3.8) is 0 Å². The van der Waals surface area contributed by atoms with Gasteiger partial charge in [0.05, 0.1) is 4.90 Å². The van der Waals surface area contributed by atoms with E-state index in [2.05, 4.69) is 15.3 Å². The monoisotopic (exact) mass is 449 g/mol. The fourth-order valence-corrected chi connectivity index (χ4v) is 5.34. The summed E-state index contributed by atoms with van der Waals surface area (Å²) in [4.78, 5) is 0.288. The number of aromatic nitrogens is 4. The minimum atomic E-state index is -3.62. The molecule has 0 N–H and O–H groups in total. The molecule has 9 heteroatoms. The SMILES string of the molecule is Cc1ccc(-c2nnc(-c3nn(C)c4c3CN(S(=O)(=O)c3ccc(C)cc3)CC4)o2)cc1. The third-order valence-corrected chi connectivity index (χ3v) is 7.65. The van der Waals surface area contributed by atoms with Crippen LogP contribution in [0.5, 0.6) is 0 Å². The highest BCUT2D eigenvalue weighted by Crippen LogP contribution is 2.32. The van der Waals surface area contributed by atoms with Gasteiger partial charge in [-0.3, -0.25) is 4.68 Å². The number of hydrogen-bond acceptors (Lipinski definition) is 6. The second kappa shape index (κ2) is 7.68. The van der Waals surface area contributed by atoms with Crippen LogP contribution in [0.15, 0.2) is 57.8 Å². The Kier molecular flexibility index (Phi) is 4.94. The summed E-state index contributed by atoms with van der Waals surface area (Å²) in [5.41, 5.74) is 5.28. The first-order chi connectivity index (χ1) is 15.3. The molecule has 0 amide bonds. The molecular formula is C23H23N5O3S. The highest BCUT2D eigenvalue weighted by molar-refractivity contribution is 7.89. The second-order valence-electron chi connectivity index (χ2n) is 8.08. The average Bonchev–Trinajstić information content (AvgIpc) is 3.39. The van der Waals surface area contributed by atoms with E-state index in [1.807, 2.05) is 57.3 Å². The number of sulfonamides is 1. The van der Waals surface area contributed by atoms with Gasteiger partial charge in [0.1, 0.15) is 0 Å². The summed E-state index contributed by atoms with van der Waals surface area (Å²) in [6.07, 6.45) is 0.558. The first-order valence-electron chi connectivity index (χ1n) is 10.4. The van der Waals surface area contributed by atoms with Crippen LogP contribution in [0, 0.1) is 13.8 Å². The zero-order valence-electron chi connectivity index (χ0n) is 18.1. The zero-order chi connectivity index (χ0) is 22.5. The molecule has 1 aliphatic rings. The van der Waals surface area contributed by atoms with E-state index in [1.54, 1.807) is 16.8 Å². The molecule has 5 rings (SSSR count). The predicted molar refractivity (Wildman–Crippen MR) is 119 cm³/mol. The molecule has 2 aromatic carbocycles. The van der Waals surface area contributed by atoms with Gasteiger partial charge in [-0.25, -0.2) is 8.42 Å². The largest absolute Gasteiger partial charge is 0.415 e. The quantitative estimate of drug-likeness (QED) is 0.473. The molecule has 0 radical (unpaired) electrons. The lowest BCUT2D eigenvalue weighted by Crippen LogP contribution is -2.36. The van der Waals surface area contributed by atoms with Crippen LogP contribution >= 0.6 is 0 Å². The number of benzene rings is 2. The molecule has 2 aromatic heterocycles. The van der Waals surface area contributed by atoms with E-state index in [0.717, 1.165) is 27.9 Å². The van der Waals surface area contributed by atoms with Crippen LogP contribution in [0.4, 0.5) is 0 Å². The number of aryl methyl sites for hydroxylation is 3. The third-order valence-electron chi connectivity index (χ3n) is 5.79. The van der Waals surface area contributed by atoms with Crippen LogP contribution in [-0.4, -0.2) is 39.2 Å². The predicted octanol–water partition coefficient (Wildman–Crippen LogP) is 3.50. The molecule has 0 bridgehead atoms. The first-order valence-corrected chi connectivity index (χ1v) is 11.8. The summed E-state index contributed by atoms with van der Waals surface area (Å²) in [5.74, 6) is 0.686. The molecule has 8 nitrogen and oxygen atoms in total. The zero-order valence-corrected chi connectivity index (χ0v) is 18.9. The van der Waals surface area contributed by atoms with E-state index >= 15 is 0 Å². The summed E-state index contributed by atoms with van der Waals surface area (Å²) in [6.45, 7) is 4.54. The van der Waals surface area contributed by atoms with Crippen LogP contribution in [0.1, 0.15) is 22.4 Å². The van der Waals surface area contributed by atoms with Gasteiger partial charge in [0.2, 0.25) is 15.9 Å². The lowest BCUT2D eigenvalue weighted by molar-refractivity contribution is 0.386. The van der Waals surface area contributed by atoms with Gasteiger partial charge in [0.15, 0.2) is 5.69 Å². The van der Waals surface area contributed by atoms with Gasteiger partial charge >= 0.3 is 0 Å². The molecule has 0 saturated heterocycles. The Hall–Kier alpha value is -3.30. The molecule has 0 aliphatic carbocycles. The van der Waals surface area contributed by atoms with Crippen LogP contribution < -0.4 is 0 Å². The van der Waals surface area contributed by atoms with Crippen molar-refractivity contribution in [3.8, 4) is 23.0 Å². The normalized spacial score (nSPS) is 14.5. The molecule has 0 saturated carbocycles. The highest BCUT2D eigenvalue weighted by Gasteiger charge is 2.33. The first kappa shape index (κ1) is 20.6. The Morgan fingerprint density at radius 1 is 0.906 bits per heavy atom. The van der Waals surface area contributed by atoms with Crippen LogP contribution in [0.3, 0.4) is 0 Å². The molecule has 32 heavy (non-hydrogen) atoms. The summed E-state index contributed by atoms with van der Waals surface area (Å²) >= 11 is 0. The molecule has 164 valence electrons. The van der Waals surface area contributed by atoms with E-state index in [0.29, 0.717) is 24.6 Å². The van der Waals surface area contributed by atoms with E-state index in [-0.39, 0.29) is 17.3 Å². The Morgan fingerprint density at radius 3 is 2.22 bits per heavy atom. The smallest absolute Gasteiger partial charge is 0.268 e. The maximum atomic E-state index is 13.2. The van der Waals surface area contributed by atoms with E-state index < -0.39 is 10.0 Å². The average molecular weight is 450 g/mol. The van der Waals surface area contributed by atoms with Crippen molar-refractivity contribution >= 4 is 10.0 Å². The van der Waals surface area contributed by atoms with Crippen molar-refractivity contribution in [2.24, 2.45) is 7.05 Å². The van der Waals surface area contributed by atoms with Crippen molar-refractivity contribution in [3.05, 3.63) is 70.9 Å². The van der Waals surface area contributed by atoms with Crippen molar-refractivity contribution < 1.29 is 12.8 Å². The Labute approximate surface area is 186 Å². The van der Waals surface area contributed by atoms with Crippen LogP contribution in [-0.2, 0) is 30.0 Å². The lowest BCUT2D eigenvalue weighted by Gasteiger charge is -2.26. The lowest BCUT2D eigenvalue weighted by atomic mass is 10.1. The van der Waals surface area contributed by atoms with E-state index in [1.165, 1.54) is 4.31 Å². The Bertz CT molecular complexity index is 1390. The van der Waals surface area contributed by atoms with Crippen molar-refractivity contribution in [2.75, 3.05) is 6.54 Å². The van der Waals surface area contributed by atoms with Crippen molar-refractivity contribution in [1.29, 1.82) is 0 Å². The highest BCUT2D eigenvalue weighted by atomic mass is 32.2. The van der Waals surface area contributed by atoms with Crippen molar-refractivity contribution in [1.82, 2.24) is 24.3 Å². The van der Waals surface area contributed by atoms with Crippen LogP contribution in [0.2, 0.25) is 0 Å². The minimum Gasteiger partial charge on any atom is -0.415 e. The van der Waals surface area contributed by atoms with Gasteiger partial charge in [-0.2, -0.15) is 9.40 Å². The standard InChI is InChI=1S/C23H23N5O3S/c1-15-4-8-17(9-5-15)22-24-25-23(31-22)21-19-14-28(13-12-20(19)27(3)26-21)32(29,30)18-10-6-16(2)7-11-18/h4-11H,12-14H2,1-3H3. The molecule has 0 spiro atoms. The van der Waals surface area contributed by atoms with Gasteiger partial charge in [0.25, 0.3) is 5.89 Å². The Balaban J connectivity index is 1.49. The van der Waals surface area contributed by atoms with E-state index in [9.17, 15) is 8.42 Å². The van der Waals surface area contributed by atoms with Gasteiger partial charge in [0, 0.05) is 43.4 Å². The van der Waals surface area contributed by atoms with Gasteiger partial charge in [-0.1, -0.05) is 35.4 Å². The summed E-state index contributed by atoms with van der Waals surface area (Å²) in [7, 11) is -1.77. The molecular weight excluding hydrogens is 426 g/mol. The van der Waals surface area contributed by atoms with Gasteiger partial charge < -0.3 is 4.42 Å². The van der Waals surface area contributed by atoms with Gasteiger partial charge in [-0.05, 0) is 38.1 Å². The maximum Gasteiger partial charge on any atom is 0.268 e. The summed E-state index contributed by atoms with van der Waals surface area (Å²) in [6, 6.07) is 14.7. The summed E-state index contributed by atoms with van der Waals surface area (Å²) in [5, 5.41) is 13.0. The van der Waals surface area contributed by atoms with E-state index in [4.69, 9.17) is 4.42 Å². The van der Waals surface area contributed by atoms with Crippen molar-refractivity contribution in [2.45, 2.75) is 31.7 Å². The fraction of sp³-hybridized carbons (Fsp3) is 0.261.